The summed E-state index contributed by atoms with van der Waals surface area (Å²) in [6.45, 7) is -3.12. The van der Waals surface area contributed by atoms with Crippen LogP contribution in [0.1, 0.15) is 11.7 Å². The third-order valence-electron chi connectivity index (χ3n) is 1.81. The minimum absolute atomic E-state index is 0.122. The zero-order chi connectivity index (χ0) is 13.2. The van der Waals surface area contributed by atoms with Gasteiger partial charge in [0.15, 0.2) is 6.10 Å². The van der Waals surface area contributed by atoms with Crippen molar-refractivity contribution >= 4 is 37.8 Å². The van der Waals surface area contributed by atoms with Crippen molar-refractivity contribution in [2.75, 3.05) is 0 Å². The molecule has 0 heterocycles. The van der Waals surface area contributed by atoms with Gasteiger partial charge in [-0.1, -0.05) is 15.9 Å². The Balaban J connectivity index is 3.34. The van der Waals surface area contributed by atoms with Gasteiger partial charge in [0.05, 0.1) is 4.47 Å². The van der Waals surface area contributed by atoms with Crippen LogP contribution in [0.5, 0.6) is 5.75 Å². The van der Waals surface area contributed by atoms with Crippen LogP contribution in [0.4, 0.5) is 8.78 Å². The van der Waals surface area contributed by atoms with E-state index in [4.69, 9.17) is 5.11 Å². The highest BCUT2D eigenvalue weighted by molar-refractivity contribution is 9.11. The third kappa shape index (κ3) is 3.36. The molecule has 0 spiro atoms. The van der Waals surface area contributed by atoms with E-state index in [1.54, 1.807) is 0 Å². The van der Waals surface area contributed by atoms with Gasteiger partial charge in [-0.05, 0) is 28.1 Å². The normalized spacial score (nSPS) is 12.6. The topological polar surface area (TPSA) is 66.8 Å². The Morgan fingerprint density at radius 3 is 2.29 bits per heavy atom. The summed E-state index contributed by atoms with van der Waals surface area (Å²) in [4.78, 5) is 10.7. The van der Waals surface area contributed by atoms with Gasteiger partial charge in [-0.3, -0.25) is 0 Å². The van der Waals surface area contributed by atoms with Crippen LogP contribution >= 0.6 is 31.9 Å². The van der Waals surface area contributed by atoms with Gasteiger partial charge >= 0.3 is 12.6 Å². The van der Waals surface area contributed by atoms with Gasteiger partial charge in [0.25, 0.3) is 0 Å². The highest BCUT2D eigenvalue weighted by Gasteiger charge is 2.26. The number of rotatable bonds is 4. The zero-order valence-electron chi connectivity index (χ0n) is 8.03. The van der Waals surface area contributed by atoms with Gasteiger partial charge in [-0.15, -0.1) is 0 Å². The summed E-state index contributed by atoms with van der Waals surface area (Å²) >= 11 is 5.92. The zero-order valence-corrected chi connectivity index (χ0v) is 11.2. The maximum Gasteiger partial charge on any atom is 0.387 e. The van der Waals surface area contributed by atoms with E-state index in [0.29, 0.717) is 0 Å². The van der Waals surface area contributed by atoms with Gasteiger partial charge in [0.2, 0.25) is 0 Å². The molecule has 0 saturated carbocycles. The van der Waals surface area contributed by atoms with Crippen LogP contribution in [0.25, 0.3) is 0 Å². The second-order valence-corrected chi connectivity index (χ2v) is 4.60. The number of hydrogen-bond acceptors (Lipinski definition) is 3. The van der Waals surface area contributed by atoms with Crippen LogP contribution in [0.2, 0.25) is 0 Å². The number of benzene rings is 1. The molecule has 0 aliphatic carbocycles. The van der Waals surface area contributed by atoms with Crippen LogP contribution in [-0.4, -0.2) is 22.8 Å². The van der Waals surface area contributed by atoms with Crippen molar-refractivity contribution in [1.29, 1.82) is 0 Å². The van der Waals surface area contributed by atoms with Crippen molar-refractivity contribution < 1.29 is 28.5 Å². The Labute approximate surface area is 111 Å². The summed E-state index contributed by atoms with van der Waals surface area (Å²) in [5.74, 6) is -1.98. The summed E-state index contributed by atoms with van der Waals surface area (Å²) in [5.41, 5.74) is -0.271. The van der Waals surface area contributed by atoms with E-state index in [2.05, 4.69) is 36.6 Å². The molecule has 2 N–H and O–H groups in total. The summed E-state index contributed by atoms with van der Waals surface area (Å²) in [6.07, 6.45) is -1.96. The maximum atomic E-state index is 12.2. The number of halogens is 4. The lowest BCUT2D eigenvalue weighted by Gasteiger charge is -2.16. The number of aliphatic carboxylic acids is 1. The molecule has 0 radical (unpaired) electrons. The third-order valence-corrected chi connectivity index (χ3v) is 3.13. The van der Waals surface area contributed by atoms with E-state index in [9.17, 15) is 18.7 Å². The molecule has 94 valence electrons. The number of aliphatic hydroxyl groups excluding tert-OH is 1. The van der Waals surface area contributed by atoms with E-state index < -0.39 is 24.4 Å². The van der Waals surface area contributed by atoms with Gasteiger partial charge in [-0.2, -0.15) is 8.78 Å². The number of carbonyl (C=O) groups is 1. The fraction of sp³-hybridized carbons (Fsp3) is 0.222. The van der Waals surface area contributed by atoms with Crippen LogP contribution in [-0.2, 0) is 4.79 Å². The van der Waals surface area contributed by atoms with Crippen molar-refractivity contribution in [1.82, 2.24) is 0 Å². The van der Waals surface area contributed by atoms with Gasteiger partial charge in [0.1, 0.15) is 5.75 Å². The predicted octanol–water partition coefficient (Wildman–Crippen LogP) is 2.93. The number of aliphatic hydroxyl groups is 1. The Bertz CT molecular complexity index is 439. The van der Waals surface area contributed by atoms with E-state index in [-0.39, 0.29) is 14.5 Å². The summed E-state index contributed by atoms with van der Waals surface area (Å²) < 4.78 is 28.9. The van der Waals surface area contributed by atoms with E-state index >= 15 is 0 Å². The number of carboxylic acids is 1. The quantitative estimate of drug-likeness (QED) is 0.849. The van der Waals surface area contributed by atoms with Crippen LogP contribution in [0.15, 0.2) is 21.1 Å². The first-order chi connectivity index (χ1) is 7.84. The Kier molecular flexibility index (Phi) is 4.84. The molecule has 1 aromatic carbocycles. The minimum atomic E-state index is -3.12. The lowest BCUT2D eigenvalue weighted by Crippen LogP contribution is -2.14. The highest BCUT2D eigenvalue weighted by atomic mass is 79.9. The Morgan fingerprint density at radius 1 is 1.29 bits per heavy atom. The van der Waals surface area contributed by atoms with E-state index in [1.165, 1.54) is 12.1 Å². The molecule has 8 heteroatoms. The van der Waals surface area contributed by atoms with E-state index in [0.717, 1.165) is 0 Å². The van der Waals surface area contributed by atoms with Gasteiger partial charge in [-0.25, -0.2) is 4.79 Å². The summed E-state index contributed by atoms with van der Waals surface area (Å²) in [6, 6.07) is 2.80. The lowest BCUT2D eigenvalue weighted by molar-refractivity contribution is -0.147. The monoisotopic (exact) mass is 374 g/mol. The van der Waals surface area contributed by atoms with Crippen molar-refractivity contribution in [2.45, 2.75) is 12.7 Å². The fourth-order valence-corrected chi connectivity index (χ4v) is 2.10. The summed E-state index contributed by atoms with van der Waals surface area (Å²) in [5, 5.41) is 18.1. The first-order valence-electron chi connectivity index (χ1n) is 4.18. The molecule has 1 rings (SSSR count). The predicted molar refractivity (Wildman–Crippen MR) is 61.1 cm³/mol. The first kappa shape index (κ1) is 14.3. The van der Waals surface area contributed by atoms with Crippen molar-refractivity contribution in [3.05, 3.63) is 26.6 Å². The molecule has 1 unspecified atom stereocenters. The van der Waals surface area contributed by atoms with Gasteiger partial charge < -0.3 is 14.9 Å². The average Bonchev–Trinajstić information content (AvgIpc) is 2.22. The fourth-order valence-electron chi connectivity index (χ4n) is 1.14. The number of alkyl halides is 2. The SMILES string of the molecule is O=C(O)C(O)c1c(Br)ccc(Br)c1OC(F)F. The molecular formula is C9H6Br2F2O4. The molecule has 1 atom stereocenters. The van der Waals surface area contributed by atoms with Crippen LogP contribution in [0.3, 0.4) is 0 Å². The van der Waals surface area contributed by atoms with Crippen molar-refractivity contribution in [3.8, 4) is 5.75 Å². The molecule has 0 aliphatic rings. The lowest BCUT2D eigenvalue weighted by atomic mass is 10.1. The Morgan fingerprint density at radius 2 is 1.82 bits per heavy atom. The largest absolute Gasteiger partial charge is 0.479 e. The molecule has 1 aromatic rings. The van der Waals surface area contributed by atoms with Crippen molar-refractivity contribution in [2.24, 2.45) is 0 Å². The highest BCUT2D eigenvalue weighted by Crippen LogP contribution is 2.39. The molecule has 0 aliphatic heterocycles. The summed E-state index contributed by atoms with van der Waals surface area (Å²) in [7, 11) is 0. The number of carboxylic acid groups (broad SMARTS) is 1. The molecular weight excluding hydrogens is 370 g/mol. The molecule has 0 saturated heterocycles. The molecule has 0 fully saturated rings. The second-order valence-electron chi connectivity index (χ2n) is 2.89. The molecule has 0 bridgehead atoms. The van der Waals surface area contributed by atoms with Crippen LogP contribution < -0.4 is 4.74 Å². The van der Waals surface area contributed by atoms with Crippen molar-refractivity contribution in [3.63, 3.8) is 0 Å². The average molecular weight is 376 g/mol. The molecule has 4 nitrogen and oxygen atoms in total. The van der Waals surface area contributed by atoms with Crippen LogP contribution in [0, 0.1) is 0 Å². The minimum Gasteiger partial charge on any atom is -0.479 e. The number of ether oxygens (including phenoxy) is 1. The smallest absolute Gasteiger partial charge is 0.387 e. The standard InChI is InChI=1S/C9H6Br2F2O4/c10-3-1-2-4(11)7(17-9(12)13)5(3)6(14)8(15)16/h1-2,6,9,14H,(H,15,16). The number of hydrogen-bond donors (Lipinski definition) is 2. The molecule has 17 heavy (non-hydrogen) atoms. The maximum absolute atomic E-state index is 12.2. The van der Waals surface area contributed by atoms with E-state index in [1.807, 2.05) is 0 Å². The second kappa shape index (κ2) is 5.74. The Hall–Kier alpha value is -0.730. The molecule has 0 aromatic heterocycles. The van der Waals surface area contributed by atoms with Gasteiger partial charge in [0, 0.05) is 10.0 Å². The molecule has 0 amide bonds. The first-order valence-corrected chi connectivity index (χ1v) is 5.76.